The minimum atomic E-state index is -0.0509. The molecule has 0 bridgehead atoms. The normalized spacial score (nSPS) is 14.7. The second-order valence-electron chi connectivity index (χ2n) is 3.22. The number of ether oxygens (including phenoxy) is 1. The Balaban J connectivity index is 2.33. The quantitative estimate of drug-likeness (QED) is 0.777. The largest absolute Gasteiger partial charge is 0.500 e. The molecule has 0 saturated heterocycles. The minimum absolute atomic E-state index is 0.0509. The van der Waals surface area contributed by atoms with Crippen molar-refractivity contribution >= 4 is 33.3 Å². The Morgan fingerprint density at radius 2 is 2.27 bits per heavy atom. The molecule has 1 aromatic carbocycles. The third-order valence-corrected chi connectivity index (χ3v) is 2.99. The van der Waals surface area contributed by atoms with Gasteiger partial charge in [-0.15, -0.1) is 0 Å². The molecule has 0 unspecified atom stereocenters. The number of ketones is 1. The maximum Gasteiger partial charge on any atom is 0.193 e. The molecule has 0 spiro atoms. The highest BCUT2D eigenvalue weighted by Gasteiger charge is 2.18. The van der Waals surface area contributed by atoms with Gasteiger partial charge in [0.2, 0.25) is 0 Å². The molecule has 0 radical (unpaired) electrons. The van der Waals surface area contributed by atoms with Crippen molar-refractivity contribution in [2.24, 2.45) is 0 Å². The first-order valence-corrected chi connectivity index (χ1v) is 5.66. The number of carbonyl (C=O) groups is 1. The Kier molecular flexibility index (Phi) is 3.12. The number of rotatable bonds is 2. The van der Waals surface area contributed by atoms with Crippen molar-refractivity contribution in [1.82, 2.24) is 0 Å². The summed E-state index contributed by atoms with van der Waals surface area (Å²) in [6, 6.07) is 5.23. The number of hydrogen-bond acceptors (Lipinski definition) is 2. The lowest BCUT2D eigenvalue weighted by Gasteiger charge is -2.03. The van der Waals surface area contributed by atoms with E-state index in [1.165, 1.54) is 6.26 Å². The second kappa shape index (κ2) is 4.37. The van der Waals surface area contributed by atoms with E-state index in [1.54, 1.807) is 18.2 Å². The fraction of sp³-hybridized carbons (Fsp3) is 0.182. The molecule has 1 aliphatic heterocycles. The molecule has 2 nitrogen and oxygen atoms in total. The summed E-state index contributed by atoms with van der Waals surface area (Å²) in [4.78, 5) is 11.9. The van der Waals surface area contributed by atoms with Crippen LogP contribution in [0, 0.1) is 0 Å². The summed E-state index contributed by atoms with van der Waals surface area (Å²) >= 11 is 9.28. The molecule has 1 aliphatic rings. The van der Waals surface area contributed by atoms with Crippen LogP contribution in [0.25, 0.3) is 0 Å². The van der Waals surface area contributed by atoms with Gasteiger partial charge in [0.15, 0.2) is 5.78 Å². The zero-order valence-electron chi connectivity index (χ0n) is 7.80. The number of benzene rings is 1. The highest BCUT2D eigenvalue weighted by molar-refractivity contribution is 9.10. The lowest BCUT2D eigenvalue weighted by molar-refractivity contribution is 0.103. The van der Waals surface area contributed by atoms with Crippen LogP contribution < -0.4 is 0 Å². The van der Waals surface area contributed by atoms with Crippen LogP contribution in [0.2, 0.25) is 5.02 Å². The minimum Gasteiger partial charge on any atom is -0.500 e. The van der Waals surface area contributed by atoms with Crippen molar-refractivity contribution < 1.29 is 9.53 Å². The zero-order chi connectivity index (χ0) is 10.8. The topological polar surface area (TPSA) is 26.3 Å². The molecule has 1 aromatic rings. The molecule has 0 aromatic heterocycles. The predicted molar refractivity (Wildman–Crippen MR) is 62.1 cm³/mol. The molecular weight excluding hydrogens is 279 g/mol. The molecule has 0 saturated carbocycles. The molecule has 0 atom stereocenters. The van der Waals surface area contributed by atoms with Crippen LogP contribution in [-0.2, 0) is 4.74 Å². The average molecular weight is 288 g/mol. The molecule has 15 heavy (non-hydrogen) atoms. The first-order valence-electron chi connectivity index (χ1n) is 4.49. The summed E-state index contributed by atoms with van der Waals surface area (Å²) in [5.74, 6) is -0.0509. The van der Waals surface area contributed by atoms with Gasteiger partial charge >= 0.3 is 0 Å². The number of carbonyl (C=O) groups excluding carboxylic acids is 1. The third kappa shape index (κ3) is 2.24. The third-order valence-electron chi connectivity index (χ3n) is 2.18. The van der Waals surface area contributed by atoms with Crippen LogP contribution in [0.4, 0.5) is 0 Å². The molecular formula is C11H8BrClO2. The summed E-state index contributed by atoms with van der Waals surface area (Å²) in [7, 11) is 0. The Morgan fingerprint density at radius 1 is 1.47 bits per heavy atom. The fourth-order valence-corrected chi connectivity index (χ4v) is 2.16. The van der Waals surface area contributed by atoms with Gasteiger partial charge in [0, 0.05) is 22.0 Å². The van der Waals surface area contributed by atoms with E-state index in [4.69, 9.17) is 16.3 Å². The van der Waals surface area contributed by atoms with Crippen LogP contribution in [-0.4, -0.2) is 12.4 Å². The van der Waals surface area contributed by atoms with E-state index < -0.39 is 0 Å². The highest BCUT2D eigenvalue weighted by atomic mass is 79.9. The Labute approximate surface area is 101 Å². The molecule has 0 N–H and O–H groups in total. The van der Waals surface area contributed by atoms with E-state index in [-0.39, 0.29) is 5.78 Å². The van der Waals surface area contributed by atoms with Crippen molar-refractivity contribution in [2.45, 2.75) is 6.42 Å². The standard InChI is InChI=1S/C11H8BrClO2/c12-8-1-2-9(10(13)5-8)11(14)7-3-4-15-6-7/h1-2,5-6H,3-4H2. The van der Waals surface area contributed by atoms with Gasteiger partial charge in [-0.25, -0.2) is 0 Å². The van der Waals surface area contributed by atoms with Gasteiger partial charge in [0.1, 0.15) is 0 Å². The molecule has 0 aliphatic carbocycles. The highest BCUT2D eigenvalue weighted by Crippen LogP contribution is 2.25. The Hall–Kier alpha value is -0.800. The van der Waals surface area contributed by atoms with Crippen molar-refractivity contribution in [1.29, 1.82) is 0 Å². The maximum absolute atomic E-state index is 11.9. The Bertz CT molecular complexity index is 440. The summed E-state index contributed by atoms with van der Waals surface area (Å²) in [5, 5.41) is 0.460. The lowest BCUT2D eigenvalue weighted by Crippen LogP contribution is -2.02. The van der Waals surface area contributed by atoms with Crippen molar-refractivity contribution in [3.63, 3.8) is 0 Å². The first kappa shape index (κ1) is 10.7. The second-order valence-corrected chi connectivity index (χ2v) is 4.54. The van der Waals surface area contributed by atoms with Crippen molar-refractivity contribution in [2.75, 3.05) is 6.61 Å². The summed E-state index contributed by atoms with van der Waals surface area (Å²) in [6.07, 6.45) is 2.17. The molecule has 0 fully saturated rings. The van der Waals surface area contributed by atoms with Gasteiger partial charge < -0.3 is 4.74 Å². The van der Waals surface area contributed by atoms with Gasteiger partial charge in [0.05, 0.1) is 17.9 Å². The summed E-state index contributed by atoms with van der Waals surface area (Å²) < 4.78 is 5.89. The van der Waals surface area contributed by atoms with E-state index >= 15 is 0 Å². The number of Topliss-reactive ketones (excluding diaryl/α,β-unsaturated/α-hetero) is 1. The zero-order valence-corrected chi connectivity index (χ0v) is 10.1. The van der Waals surface area contributed by atoms with Crippen molar-refractivity contribution in [3.05, 3.63) is 45.1 Å². The fourth-order valence-electron chi connectivity index (χ4n) is 1.40. The van der Waals surface area contributed by atoms with E-state index in [0.717, 1.165) is 4.47 Å². The van der Waals surface area contributed by atoms with Gasteiger partial charge in [-0.2, -0.15) is 0 Å². The van der Waals surface area contributed by atoms with Crippen LogP contribution in [0.5, 0.6) is 0 Å². The van der Waals surface area contributed by atoms with Gasteiger partial charge in [-0.1, -0.05) is 27.5 Å². The predicted octanol–water partition coefficient (Wildman–Crippen LogP) is 3.59. The molecule has 0 amide bonds. The van der Waals surface area contributed by atoms with Crippen molar-refractivity contribution in [3.8, 4) is 0 Å². The van der Waals surface area contributed by atoms with Crippen LogP contribution >= 0.6 is 27.5 Å². The van der Waals surface area contributed by atoms with Gasteiger partial charge in [-0.05, 0) is 18.2 Å². The molecule has 2 rings (SSSR count). The van der Waals surface area contributed by atoms with Crippen LogP contribution in [0.1, 0.15) is 16.8 Å². The Morgan fingerprint density at radius 3 is 2.87 bits per heavy atom. The molecule has 78 valence electrons. The lowest BCUT2D eigenvalue weighted by atomic mass is 10.0. The summed E-state index contributed by atoms with van der Waals surface area (Å²) in [6.45, 7) is 0.579. The summed E-state index contributed by atoms with van der Waals surface area (Å²) in [5.41, 5.74) is 1.20. The number of hydrogen-bond donors (Lipinski definition) is 0. The maximum atomic E-state index is 11.9. The van der Waals surface area contributed by atoms with E-state index in [1.807, 2.05) is 0 Å². The molecule has 4 heteroatoms. The van der Waals surface area contributed by atoms with Crippen LogP contribution in [0.3, 0.4) is 0 Å². The monoisotopic (exact) mass is 286 g/mol. The number of halogens is 2. The van der Waals surface area contributed by atoms with Gasteiger partial charge in [-0.3, -0.25) is 4.79 Å². The SMILES string of the molecule is O=C(C1=COCC1)c1ccc(Br)cc1Cl. The first-order chi connectivity index (χ1) is 7.18. The van der Waals surface area contributed by atoms with Crippen LogP contribution in [0.15, 0.2) is 34.5 Å². The molecule has 1 heterocycles. The van der Waals surface area contributed by atoms with E-state index in [2.05, 4.69) is 15.9 Å². The van der Waals surface area contributed by atoms with E-state index in [0.29, 0.717) is 29.2 Å². The van der Waals surface area contributed by atoms with E-state index in [9.17, 15) is 4.79 Å². The van der Waals surface area contributed by atoms with Gasteiger partial charge in [0.25, 0.3) is 0 Å². The average Bonchev–Trinajstić information content (AvgIpc) is 2.69. The smallest absolute Gasteiger partial charge is 0.193 e.